The van der Waals surface area contributed by atoms with Crippen LogP contribution in [0.1, 0.15) is 28.8 Å². The second-order valence-electron chi connectivity index (χ2n) is 7.12. The van der Waals surface area contributed by atoms with E-state index in [-0.39, 0.29) is 12.0 Å². The first-order chi connectivity index (χ1) is 14.7. The van der Waals surface area contributed by atoms with E-state index in [2.05, 4.69) is 10.4 Å². The van der Waals surface area contributed by atoms with Crippen LogP contribution in [0, 0.1) is 0 Å². The molecule has 2 aromatic carbocycles. The Hall–Kier alpha value is -3.32. The molecule has 0 radical (unpaired) electrons. The molecule has 0 saturated carbocycles. The van der Waals surface area contributed by atoms with Gasteiger partial charge in [-0.25, -0.2) is 4.68 Å². The van der Waals surface area contributed by atoms with E-state index in [1.54, 1.807) is 24.2 Å². The summed E-state index contributed by atoms with van der Waals surface area (Å²) in [4.78, 5) is 12.5. The lowest BCUT2D eigenvalue weighted by Crippen LogP contribution is -2.22. The van der Waals surface area contributed by atoms with Gasteiger partial charge in [0.1, 0.15) is 6.61 Å². The number of carbonyl (C=O) groups is 1. The fourth-order valence-corrected chi connectivity index (χ4v) is 3.35. The number of rotatable bonds is 8. The highest BCUT2D eigenvalue weighted by Gasteiger charge is 2.17. The van der Waals surface area contributed by atoms with Crippen molar-refractivity contribution in [1.82, 2.24) is 15.1 Å². The average Bonchev–Trinajstić information content (AvgIpc) is 3.49. The van der Waals surface area contributed by atoms with E-state index in [0.29, 0.717) is 30.2 Å². The largest absolute Gasteiger partial charge is 0.493 e. The summed E-state index contributed by atoms with van der Waals surface area (Å²) in [6.45, 7) is 1.68. The molecule has 1 aromatic heterocycles. The predicted molar refractivity (Wildman–Crippen MR) is 112 cm³/mol. The number of aromatic nitrogens is 2. The minimum atomic E-state index is -0.185. The van der Waals surface area contributed by atoms with Crippen molar-refractivity contribution in [2.45, 2.75) is 25.5 Å². The van der Waals surface area contributed by atoms with Crippen molar-refractivity contribution in [3.05, 3.63) is 72.1 Å². The Morgan fingerprint density at radius 2 is 2.10 bits per heavy atom. The Kier molecular flexibility index (Phi) is 6.29. The molecule has 0 bridgehead atoms. The molecule has 2 heterocycles. The van der Waals surface area contributed by atoms with Gasteiger partial charge in [0, 0.05) is 19.3 Å². The topological polar surface area (TPSA) is 74.6 Å². The number of ether oxygens (including phenoxy) is 3. The van der Waals surface area contributed by atoms with Crippen LogP contribution in [-0.4, -0.2) is 42.1 Å². The van der Waals surface area contributed by atoms with Crippen LogP contribution < -0.4 is 14.8 Å². The maximum atomic E-state index is 12.5. The number of hydrogen-bond acceptors (Lipinski definition) is 5. The number of nitrogens with one attached hydrogen (secondary N) is 1. The van der Waals surface area contributed by atoms with Crippen LogP contribution in [0.25, 0.3) is 5.69 Å². The minimum Gasteiger partial charge on any atom is -0.493 e. The fourth-order valence-electron chi connectivity index (χ4n) is 3.35. The molecule has 0 spiro atoms. The molecular weight excluding hydrogens is 382 g/mol. The van der Waals surface area contributed by atoms with Crippen molar-refractivity contribution in [2.75, 3.05) is 20.3 Å². The first-order valence-electron chi connectivity index (χ1n) is 10.0. The number of hydrogen-bond donors (Lipinski definition) is 1. The number of carbonyl (C=O) groups excluding carboxylic acids is 1. The summed E-state index contributed by atoms with van der Waals surface area (Å²) < 4.78 is 18.6. The number of amides is 1. The van der Waals surface area contributed by atoms with E-state index >= 15 is 0 Å². The number of methoxy groups -OCH3 is 1. The SMILES string of the molecule is COc1cc(CNC(=O)c2cnn(-c3ccccc3)c2)ccc1OCC1CCCO1. The molecule has 7 heteroatoms. The second-order valence-corrected chi connectivity index (χ2v) is 7.12. The van der Waals surface area contributed by atoms with E-state index in [9.17, 15) is 4.79 Å². The molecule has 1 amide bonds. The van der Waals surface area contributed by atoms with Gasteiger partial charge in [-0.1, -0.05) is 24.3 Å². The maximum absolute atomic E-state index is 12.5. The van der Waals surface area contributed by atoms with E-state index in [1.807, 2.05) is 48.5 Å². The second kappa shape index (κ2) is 9.45. The zero-order valence-electron chi connectivity index (χ0n) is 16.9. The van der Waals surface area contributed by atoms with Crippen LogP contribution in [0.15, 0.2) is 60.9 Å². The van der Waals surface area contributed by atoms with Crippen molar-refractivity contribution in [3.8, 4) is 17.2 Å². The normalized spacial score (nSPS) is 15.7. The Labute approximate surface area is 175 Å². The van der Waals surface area contributed by atoms with Crippen molar-refractivity contribution < 1.29 is 19.0 Å². The smallest absolute Gasteiger partial charge is 0.254 e. The van der Waals surface area contributed by atoms with Gasteiger partial charge in [-0.2, -0.15) is 5.10 Å². The summed E-state index contributed by atoms with van der Waals surface area (Å²) in [6.07, 6.45) is 5.52. The quantitative estimate of drug-likeness (QED) is 0.620. The third-order valence-corrected chi connectivity index (χ3v) is 5.00. The molecule has 1 unspecified atom stereocenters. The van der Waals surface area contributed by atoms with E-state index in [4.69, 9.17) is 14.2 Å². The average molecular weight is 407 g/mol. The van der Waals surface area contributed by atoms with Crippen LogP contribution in [0.2, 0.25) is 0 Å². The predicted octanol–water partition coefficient (Wildman–Crippen LogP) is 3.37. The van der Waals surface area contributed by atoms with Crippen molar-refractivity contribution in [3.63, 3.8) is 0 Å². The highest BCUT2D eigenvalue weighted by molar-refractivity contribution is 5.93. The van der Waals surface area contributed by atoms with Crippen LogP contribution in [0.5, 0.6) is 11.5 Å². The molecule has 1 aliphatic heterocycles. The van der Waals surface area contributed by atoms with Gasteiger partial charge in [-0.05, 0) is 42.7 Å². The van der Waals surface area contributed by atoms with Crippen molar-refractivity contribution in [1.29, 1.82) is 0 Å². The summed E-state index contributed by atoms with van der Waals surface area (Å²) in [7, 11) is 1.61. The molecule has 1 fully saturated rings. The Morgan fingerprint density at radius 3 is 2.87 bits per heavy atom. The first-order valence-corrected chi connectivity index (χ1v) is 10.0. The first kappa shape index (κ1) is 20.0. The van der Waals surface area contributed by atoms with Gasteiger partial charge >= 0.3 is 0 Å². The standard InChI is InChI=1S/C23H25N3O4/c1-28-22-12-17(9-10-21(22)30-16-20-8-5-11-29-20)13-24-23(27)18-14-25-26(15-18)19-6-3-2-4-7-19/h2-4,6-7,9-10,12,14-15,20H,5,8,11,13,16H2,1H3,(H,24,27). The lowest BCUT2D eigenvalue weighted by molar-refractivity contribution is 0.0669. The molecule has 1 atom stereocenters. The molecular formula is C23H25N3O4. The lowest BCUT2D eigenvalue weighted by Gasteiger charge is -2.15. The van der Waals surface area contributed by atoms with Gasteiger partial charge in [0.05, 0.1) is 30.7 Å². The molecule has 1 saturated heterocycles. The molecule has 3 aromatic rings. The highest BCUT2D eigenvalue weighted by Crippen LogP contribution is 2.29. The fraction of sp³-hybridized carbons (Fsp3) is 0.304. The zero-order valence-corrected chi connectivity index (χ0v) is 16.9. The number of nitrogens with zero attached hydrogens (tertiary/aromatic N) is 2. The maximum Gasteiger partial charge on any atom is 0.254 e. The van der Waals surface area contributed by atoms with Gasteiger partial charge in [-0.3, -0.25) is 4.79 Å². The molecule has 4 rings (SSSR count). The molecule has 1 aliphatic rings. The van der Waals surface area contributed by atoms with Gasteiger partial charge in [0.2, 0.25) is 0 Å². The Bertz CT molecular complexity index is 981. The number of benzene rings is 2. The van der Waals surface area contributed by atoms with Gasteiger partial charge in [-0.15, -0.1) is 0 Å². The summed E-state index contributed by atoms with van der Waals surface area (Å²) in [5, 5.41) is 7.18. The molecule has 7 nitrogen and oxygen atoms in total. The van der Waals surface area contributed by atoms with Crippen LogP contribution in [0.3, 0.4) is 0 Å². The van der Waals surface area contributed by atoms with E-state index in [1.165, 1.54) is 0 Å². The van der Waals surface area contributed by atoms with Crippen LogP contribution >= 0.6 is 0 Å². The summed E-state index contributed by atoms with van der Waals surface area (Å²) in [5.74, 6) is 1.12. The number of para-hydroxylation sites is 1. The van der Waals surface area contributed by atoms with Crippen molar-refractivity contribution >= 4 is 5.91 Å². The molecule has 1 N–H and O–H groups in total. The van der Waals surface area contributed by atoms with Crippen LogP contribution in [-0.2, 0) is 11.3 Å². The summed E-state index contributed by atoms with van der Waals surface area (Å²) >= 11 is 0. The molecule has 156 valence electrons. The Morgan fingerprint density at radius 1 is 1.23 bits per heavy atom. The molecule has 0 aliphatic carbocycles. The Balaban J connectivity index is 1.35. The monoisotopic (exact) mass is 407 g/mol. The van der Waals surface area contributed by atoms with Gasteiger partial charge in [0.15, 0.2) is 11.5 Å². The third-order valence-electron chi connectivity index (χ3n) is 5.00. The lowest BCUT2D eigenvalue weighted by atomic mass is 10.2. The summed E-state index contributed by atoms with van der Waals surface area (Å²) in [6, 6.07) is 15.3. The van der Waals surface area contributed by atoms with E-state index < -0.39 is 0 Å². The van der Waals surface area contributed by atoms with Crippen LogP contribution in [0.4, 0.5) is 0 Å². The summed E-state index contributed by atoms with van der Waals surface area (Å²) in [5.41, 5.74) is 2.32. The highest BCUT2D eigenvalue weighted by atomic mass is 16.5. The van der Waals surface area contributed by atoms with E-state index in [0.717, 1.165) is 30.7 Å². The third kappa shape index (κ3) is 4.80. The molecule has 30 heavy (non-hydrogen) atoms. The van der Waals surface area contributed by atoms with Gasteiger partial charge < -0.3 is 19.5 Å². The zero-order chi connectivity index (χ0) is 20.8. The minimum absolute atomic E-state index is 0.144. The van der Waals surface area contributed by atoms with Gasteiger partial charge in [0.25, 0.3) is 5.91 Å². The van der Waals surface area contributed by atoms with Crippen molar-refractivity contribution in [2.24, 2.45) is 0 Å².